The summed E-state index contributed by atoms with van der Waals surface area (Å²) in [6.07, 6.45) is 4.59. The monoisotopic (exact) mass is 337 g/mol. The van der Waals surface area contributed by atoms with Crippen molar-refractivity contribution in [2.75, 3.05) is 13.2 Å². The van der Waals surface area contributed by atoms with Gasteiger partial charge in [0.1, 0.15) is 0 Å². The van der Waals surface area contributed by atoms with Crippen molar-refractivity contribution >= 4 is 5.91 Å². The lowest BCUT2D eigenvalue weighted by Gasteiger charge is -2.25. The first-order valence-electron chi connectivity index (χ1n) is 9.28. The molecule has 0 spiro atoms. The third kappa shape index (κ3) is 4.70. The number of amides is 1. The van der Waals surface area contributed by atoms with Crippen LogP contribution in [0, 0.1) is 0 Å². The van der Waals surface area contributed by atoms with E-state index in [1.807, 2.05) is 18.2 Å². The zero-order chi connectivity index (χ0) is 17.5. The highest BCUT2D eigenvalue weighted by molar-refractivity contribution is 5.77. The van der Waals surface area contributed by atoms with Gasteiger partial charge in [0.05, 0.1) is 0 Å². The first kappa shape index (κ1) is 17.7. The van der Waals surface area contributed by atoms with Gasteiger partial charge in [-0.25, -0.2) is 0 Å². The van der Waals surface area contributed by atoms with Crippen LogP contribution in [-0.2, 0) is 11.2 Å². The second kappa shape index (κ2) is 8.82. The number of hydrogen-bond donors (Lipinski definition) is 2. The smallest absolute Gasteiger partial charge is 0.220 e. The zero-order valence-electron chi connectivity index (χ0n) is 14.7. The first-order chi connectivity index (χ1) is 12.3. The highest BCUT2D eigenvalue weighted by Gasteiger charge is 2.22. The molecular weight excluding hydrogens is 310 g/mol. The van der Waals surface area contributed by atoms with Crippen LogP contribution in [0.25, 0.3) is 0 Å². The summed E-state index contributed by atoms with van der Waals surface area (Å²) in [6.45, 7) is 0.712. The third-order valence-corrected chi connectivity index (χ3v) is 5.22. The molecule has 2 aromatic rings. The number of aliphatic hydroxyl groups excluding tert-OH is 1. The van der Waals surface area contributed by atoms with E-state index in [-0.39, 0.29) is 18.4 Å². The molecule has 0 radical (unpaired) electrons. The Morgan fingerprint density at radius 1 is 1.12 bits per heavy atom. The van der Waals surface area contributed by atoms with Crippen LogP contribution in [0.2, 0.25) is 0 Å². The fourth-order valence-electron chi connectivity index (χ4n) is 3.87. The van der Waals surface area contributed by atoms with Crippen molar-refractivity contribution in [2.24, 2.45) is 0 Å². The Kier molecular flexibility index (Phi) is 6.24. The summed E-state index contributed by atoms with van der Waals surface area (Å²) in [4.78, 5) is 12.5. The molecule has 1 amide bonds. The number of carbonyl (C=O) groups excluding carboxylic acids is 1. The van der Waals surface area contributed by atoms with E-state index >= 15 is 0 Å². The molecule has 0 aliphatic heterocycles. The Balaban J connectivity index is 1.57. The third-order valence-electron chi connectivity index (χ3n) is 5.22. The summed E-state index contributed by atoms with van der Waals surface area (Å²) in [6, 6.07) is 18.6. The van der Waals surface area contributed by atoms with Gasteiger partial charge >= 0.3 is 0 Å². The van der Waals surface area contributed by atoms with Gasteiger partial charge < -0.3 is 10.4 Å². The summed E-state index contributed by atoms with van der Waals surface area (Å²) in [5, 5.41) is 12.4. The predicted molar refractivity (Wildman–Crippen MR) is 101 cm³/mol. The average molecular weight is 337 g/mol. The maximum atomic E-state index is 12.5. The largest absolute Gasteiger partial charge is 0.396 e. The van der Waals surface area contributed by atoms with Crippen LogP contribution in [0.4, 0.5) is 0 Å². The first-order valence-corrected chi connectivity index (χ1v) is 9.28. The Morgan fingerprint density at radius 3 is 2.68 bits per heavy atom. The minimum Gasteiger partial charge on any atom is -0.396 e. The lowest BCUT2D eigenvalue weighted by atomic mass is 9.81. The van der Waals surface area contributed by atoms with Gasteiger partial charge in [-0.15, -0.1) is 0 Å². The lowest BCUT2D eigenvalue weighted by molar-refractivity contribution is -0.121. The van der Waals surface area contributed by atoms with Gasteiger partial charge in [-0.3, -0.25) is 4.79 Å². The van der Waals surface area contributed by atoms with Crippen LogP contribution in [-0.4, -0.2) is 24.2 Å². The maximum Gasteiger partial charge on any atom is 0.220 e. The second-order valence-electron chi connectivity index (χ2n) is 6.92. The van der Waals surface area contributed by atoms with Crippen LogP contribution in [0.3, 0.4) is 0 Å². The Bertz CT molecular complexity index is 683. The van der Waals surface area contributed by atoms with Crippen molar-refractivity contribution in [2.45, 2.75) is 43.9 Å². The van der Waals surface area contributed by atoms with E-state index in [9.17, 15) is 9.90 Å². The molecule has 2 atom stereocenters. The van der Waals surface area contributed by atoms with Crippen molar-refractivity contribution in [3.63, 3.8) is 0 Å². The lowest BCUT2D eigenvalue weighted by Crippen LogP contribution is -2.30. The quantitative estimate of drug-likeness (QED) is 0.808. The van der Waals surface area contributed by atoms with E-state index in [0.717, 1.165) is 19.3 Å². The van der Waals surface area contributed by atoms with Crippen LogP contribution in [0.1, 0.15) is 54.2 Å². The zero-order valence-corrected chi connectivity index (χ0v) is 14.7. The molecule has 2 aromatic carbocycles. The van der Waals surface area contributed by atoms with E-state index in [1.165, 1.54) is 16.7 Å². The van der Waals surface area contributed by atoms with Gasteiger partial charge in [0.2, 0.25) is 5.91 Å². The molecule has 0 saturated heterocycles. The fraction of sp³-hybridized carbons (Fsp3) is 0.409. The van der Waals surface area contributed by atoms with Crippen molar-refractivity contribution in [3.8, 4) is 0 Å². The minimum atomic E-state index is 0.112. The highest BCUT2D eigenvalue weighted by Crippen LogP contribution is 2.33. The number of benzene rings is 2. The molecule has 0 fully saturated rings. The Morgan fingerprint density at radius 2 is 1.88 bits per heavy atom. The van der Waals surface area contributed by atoms with E-state index < -0.39 is 0 Å². The van der Waals surface area contributed by atoms with E-state index in [0.29, 0.717) is 25.3 Å². The molecule has 3 rings (SSSR count). The van der Waals surface area contributed by atoms with Crippen LogP contribution in [0.15, 0.2) is 54.6 Å². The molecule has 25 heavy (non-hydrogen) atoms. The van der Waals surface area contributed by atoms with E-state index in [4.69, 9.17) is 0 Å². The second-order valence-corrected chi connectivity index (χ2v) is 6.92. The predicted octanol–water partition coefficient (Wildman–Crippen LogP) is 3.78. The molecule has 2 N–H and O–H groups in total. The van der Waals surface area contributed by atoms with Gasteiger partial charge in [0.15, 0.2) is 0 Å². The van der Waals surface area contributed by atoms with Crippen molar-refractivity contribution < 1.29 is 9.90 Å². The summed E-state index contributed by atoms with van der Waals surface area (Å²) in [5.41, 5.74) is 3.91. The van der Waals surface area contributed by atoms with Gasteiger partial charge in [-0.1, -0.05) is 54.6 Å². The van der Waals surface area contributed by atoms with E-state index in [1.54, 1.807) is 0 Å². The van der Waals surface area contributed by atoms with Crippen molar-refractivity contribution in [1.82, 2.24) is 5.32 Å². The SMILES string of the molecule is O=C(CC1CCCc2ccccc21)NCC(CCO)c1ccccc1. The minimum absolute atomic E-state index is 0.112. The van der Waals surface area contributed by atoms with E-state index in [2.05, 4.69) is 41.7 Å². The molecule has 3 heteroatoms. The molecule has 1 aliphatic rings. The molecule has 132 valence electrons. The average Bonchev–Trinajstić information content (AvgIpc) is 2.66. The number of carbonyl (C=O) groups is 1. The standard InChI is InChI=1S/C22H27NO2/c24-14-13-20(17-7-2-1-3-8-17)16-23-22(25)15-19-11-6-10-18-9-4-5-12-21(18)19/h1-5,7-9,12,19-20,24H,6,10-11,13-16H2,(H,23,25). The van der Waals surface area contributed by atoms with Crippen LogP contribution < -0.4 is 5.32 Å². The van der Waals surface area contributed by atoms with Gasteiger partial charge in [0.25, 0.3) is 0 Å². The summed E-state index contributed by atoms with van der Waals surface area (Å²) >= 11 is 0. The molecule has 0 bridgehead atoms. The molecule has 0 heterocycles. The number of rotatable bonds is 7. The number of aryl methyl sites for hydroxylation is 1. The van der Waals surface area contributed by atoms with Gasteiger partial charge in [0, 0.05) is 25.5 Å². The van der Waals surface area contributed by atoms with Crippen molar-refractivity contribution in [3.05, 3.63) is 71.3 Å². The topological polar surface area (TPSA) is 49.3 Å². The normalized spacial score (nSPS) is 17.6. The number of fused-ring (bicyclic) bond motifs is 1. The summed E-state index contributed by atoms with van der Waals surface area (Å²) in [7, 11) is 0. The van der Waals surface area contributed by atoms with Crippen LogP contribution >= 0.6 is 0 Å². The number of nitrogens with one attached hydrogen (secondary N) is 1. The van der Waals surface area contributed by atoms with Crippen LogP contribution in [0.5, 0.6) is 0 Å². The Labute approximate surface area is 150 Å². The summed E-state index contributed by atoms with van der Waals surface area (Å²) < 4.78 is 0. The molecular formula is C22H27NO2. The van der Waals surface area contributed by atoms with Gasteiger partial charge in [-0.2, -0.15) is 0 Å². The van der Waals surface area contributed by atoms with Gasteiger partial charge in [-0.05, 0) is 48.3 Å². The molecule has 0 aromatic heterocycles. The molecule has 3 nitrogen and oxygen atoms in total. The number of hydrogen-bond acceptors (Lipinski definition) is 2. The maximum absolute atomic E-state index is 12.5. The molecule has 2 unspecified atom stereocenters. The summed E-state index contributed by atoms with van der Waals surface area (Å²) in [5.74, 6) is 0.604. The number of aliphatic hydroxyl groups is 1. The molecule has 0 saturated carbocycles. The molecule has 1 aliphatic carbocycles. The highest BCUT2D eigenvalue weighted by atomic mass is 16.3. The fourth-order valence-corrected chi connectivity index (χ4v) is 3.87. The Hall–Kier alpha value is -2.13. The van der Waals surface area contributed by atoms with Crippen molar-refractivity contribution in [1.29, 1.82) is 0 Å².